The average Bonchev–Trinajstić information content (AvgIpc) is 2.68. The summed E-state index contributed by atoms with van der Waals surface area (Å²) in [5, 5.41) is 6.23. The number of hydrogen-bond acceptors (Lipinski definition) is 3. The number of nitrogens with one attached hydrogen (secondary N) is 2. The summed E-state index contributed by atoms with van der Waals surface area (Å²) in [5.74, 6) is 0.878. The Bertz CT molecular complexity index is 200. The molecule has 0 bridgehead atoms. The highest BCUT2D eigenvalue weighted by atomic mass is 16.2. The van der Waals surface area contributed by atoms with Crippen molar-refractivity contribution in [3.63, 3.8) is 0 Å². The Morgan fingerprint density at radius 2 is 2.33 bits per heavy atom. The second-order valence-corrected chi connectivity index (χ2v) is 4.76. The Morgan fingerprint density at radius 3 is 2.80 bits per heavy atom. The minimum absolute atomic E-state index is 0.137. The summed E-state index contributed by atoms with van der Waals surface area (Å²) in [6, 6.07) is 0.137. The third-order valence-corrected chi connectivity index (χ3v) is 2.82. The molecule has 1 heterocycles. The normalized spacial score (nSPS) is 23.1. The summed E-state index contributed by atoms with van der Waals surface area (Å²) >= 11 is 0. The largest absolute Gasteiger partial charge is 0.352 e. The SMILES string of the molecule is CC(C)CC(CN)NC(=O)C1CCNC1. The van der Waals surface area contributed by atoms with E-state index in [1.54, 1.807) is 0 Å². The number of hydrogen-bond donors (Lipinski definition) is 3. The monoisotopic (exact) mass is 213 g/mol. The molecule has 0 radical (unpaired) electrons. The summed E-state index contributed by atoms with van der Waals surface area (Å²) in [6.07, 6.45) is 1.91. The van der Waals surface area contributed by atoms with E-state index < -0.39 is 0 Å². The van der Waals surface area contributed by atoms with E-state index in [2.05, 4.69) is 24.5 Å². The van der Waals surface area contributed by atoms with E-state index in [4.69, 9.17) is 5.73 Å². The number of carbonyl (C=O) groups is 1. The Hall–Kier alpha value is -0.610. The molecule has 4 heteroatoms. The van der Waals surface area contributed by atoms with Crippen LogP contribution < -0.4 is 16.4 Å². The molecule has 1 aliphatic rings. The molecular weight excluding hydrogens is 190 g/mol. The number of rotatable bonds is 5. The predicted octanol–water partition coefficient (Wildman–Crippen LogP) is 0.0855. The van der Waals surface area contributed by atoms with Crippen molar-refractivity contribution in [2.75, 3.05) is 19.6 Å². The van der Waals surface area contributed by atoms with Gasteiger partial charge in [0.1, 0.15) is 0 Å². The van der Waals surface area contributed by atoms with E-state index in [1.165, 1.54) is 0 Å². The van der Waals surface area contributed by atoms with Crippen LogP contribution >= 0.6 is 0 Å². The Balaban J connectivity index is 2.33. The molecule has 2 atom stereocenters. The summed E-state index contributed by atoms with van der Waals surface area (Å²) in [6.45, 7) is 6.59. The molecule has 0 aromatic heterocycles. The molecule has 0 aliphatic carbocycles. The minimum Gasteiger partial charge on any atom is -0.352 e. The van der Waals surface area contributed by atoms with Crippen LogP contribution in [0.3, 0.4) is 0 Å². The first-order valence-corrected chi connectivity index (χ1v) is 5.84. The van der Waals surface area contributed by atoms with Gasteiger partial charge in [-0.2, -0.15) is 0 Å². The fraction of sp³-hybridized carbons (Fsp3) is 0.909. The first-order chi connectivity index (χ1) is 7.13. The van der Waals surface area contributed by atoms with Crippen LogP contribution in [-0.2, 0) is 4.79 Å². The third-order valence-electron chi connectivity index (χ3n) is 2.82. The number of amides is 1. The Labute approximate surface area is 92.0 Å². The van der Waals surface area contributed by atoms with Gasteiger partial charge in [-0.25, -0.2) is 0 Å². The molecular formula is C11H23N3O. The quantitative estimate of drug-likeness (QED) is 0.606. The lowest BCUT2D eigenvalue weighted by molar-refractivity contribution is -0.125. The lowest BCUT2D eigenvalue weighted by Gasteiger charge is -2.20. The molecule has 4 N–H and O–H groups in total. The fourth-order valence-electron chi connectivity index (χ4n) is 1.98. The van der Waals surface area contributed by atoms with Gasteiger partial charge in [-0.1, -0.05) is 13.8 Å². The van der Waals surface area contributed by atoms with E-state index >= 15 is 0 Å². The molecule has 0 aromatic rings. The van der Waals surface area contributed by atoms with Gasteiger partial charge in [-0.3, -0.25) is 4.79 Å². The van der Waals surface area contributed by atoms with Gasteiger partial charge in [0.25, 0.3) is 0 Å². The van der Waals surface area contributed by atoms with Gasteiger partial charge in [0.05, 0.1) is 5.92 Å². The van der Waals surface area contributed by atoms with Crippen molar-refractivity contribution >= 4 is 5.91 Å². The summed E-state index contributed by atoms with van der Waals surface area (Å²) in [5.41, 5.74) is 5.64. The molecule has 0 aromatic carbocycles. The van der Waals surface area contributed by atoms with Crippen molar-refractivity contribution in [2.24, 2.45) is 17.6 Å². The molecule has 1 fully saturated rings. The van der Waals surface area contributed by atoms with Crippen LogP contribution in [0.1, 0.15) is 26.7 Å². The fourth-order valence-corrected chi connectivity index (χ4v) is 1.98. The van der Waals surface area contributed by atoms with Crippen LogP contribution in [0.4, 0.5) is 0 Å². The van der Waals surface area contributed by atoms with E-state index in [0.717, 1.165) is 25.9 Å². The topological polar surface area (TPSA) is 67.1 Å². The molecule has 4 nitrogen and oxygen atoms in total. The van der Waals surface area contributed by atoms with E-state index in [-0.39, 0.29) is 17.9 Å². The number of carbonyl (C=O) groups excluding carboxylic acids is 1. The highest BCUT2D eigenvalue weighted by Gasteiger charge is 2.24. The van der Waals surface area contributed by atoms with Crippen LogP contribution in [-0.4, -0.2) is 31.6 Å². The van der Waals surface area contributed by atoms with Gasteiger partial charge >= 0.3 is 0 Å². The molecule has 88 valence electrons. The molecule has 15 heavy (non-hydrogen) atoms. The van der Waals surface area contributed by atoms with Gasteiger partial charge in [0, 0.05) is 19.1 Å². The van der Waals surface area contributed by atoms with Crippen molar-refractivity contribution in [1.82, 2.24) is 10.6 Å². The molecule has 1 amide bonds. The van der Waals surface area contributed by atoms with E-state index in [1.807, 2.05) is 0 Å². The lowest BCUT2D eigenvalue weighted by atomic mass is 10.0. The zero-order chi connectivity index (χ0) is 11.3. The van der Waals surface area contributed by atoms with Gasteiger partial charge in [-0.05, 0) is 25.3 Å². The van der Waals surface area contributed by atoms with Gasteiger partial charge in [0.15, 0.2) is 0 Å². The molecule has 0 spiro atoms. The first-order valence-electron chi connectivity index (χ1n) is 5.84. The van der Waals surface area contributed by atoms with E-state index in [9.17, 15) is 4.79 Å². The third kappa shape index (κ3) is 4.18. The molecule has 2 unspecified atom stereocenters. The van der Waals surface area contributed by atoms with Crippen LogP contribution in [0.25, 0.3) is 0 Å². The molecule has 0 saturated carbocycles. The summed E-state index contributed by atoms with van der Waals surface area (Å²) in [7, 11) is 0. The van der Waals surface area contributed by atoms with Gasteiger partial charge in [-0.15, -0.1) is 0 Å². The van der Waals surface area contributed by atoms with Crippen molar-refractivity contribution in [1.29, 1.82) is 0 Å². The Kier molecular flexibility index (Phi) is 5.05. The maximum absolute atomic E-state index is 11.8. The first kappa shape index (κ1) is 12.5. The average molecular weight is 213 g/mol. The van der Waals surface area contributed by atoms with Gasteiger partial charge < -0.3 is 16.4 Å². The molecule has 1 rings (SSSR count). The molecule has 1 aliphatic heterocycles. The lowest BCUT2D eigenvalue weighted by Crippen LogP contribution is -2.44. The zero-order valence-corrected chi connectivity index (χ0v) is 9.75. The van der Waals surface area contributed by atoms with Crippen LogP contribution in [0, 0.1) is 11.8 Å². The smallest absolute Gasteiger partial charge is 0.224 e. The molecule has 1 saturated heterocycles. The van der Waals surface area contributed by atoms with Crippen LogP contribution in [0.5, 0.6) is 0 Å². The number of nitrogens with two attached hydrogens (primary N) is 1. The van der Waals surface area contributed by atoms with Crippen molar-refractivity contribution < 1.29 is 4.79 Å². The highest BCUT2D eigenvalue weighted by molar-refractivity contribution is 5.79. The zero-order valence-electron chi connectivity index (χ0n) is 9.75. The van der Waals surface area contributed by atoms with Crippen molar-refractivity contribution in [3.8, 4) is 0 Å². The second-order valence-electron chi connectivity index (χ2n) is 4.76. The summed E-state index contributed by atoms with van der Waals surface area (Å²) < 4.78 is 0. The standard InChI is InChI=1S/C11H23N3O/c1-8(2)5-10(6-12)14-11(15)9-3-4-13-7-9/h8-10,13H,3-7,12H2,1-2H3,(H,14,15). The predicted molar refractivity (Wildman–Crippen MR) is 61.4 cm³/mol. The minimum atomic E-state index is 0.137. The second kappa shape index (κ2) is 6.08. The van der Waals surface area contributed by atoms with Crippen LogP contribution in [0.2, 0.25) is 0 Å². The van der Waals surface area contributed by atoms with Crippen molar-refractivity contribution in [2.45, 2.75) is 32.7 Å². The maximum Gasteiger partial charge on any atom is 0.224 e. The highest BCUT2D eigenvalue weighted by Crippen LogP contribution is 2.09. The van der Waals surface area contributed by atoms with Gasteiger partial charge in [0.2, 0.25) is 5.91 Å². The summed E-state index contributed by atoms with van der Waals surface area (Å²) in [4.78, 5) is 11.8. The van der Waals surface area contributed by atoms with Crippen LogP contribution in [0.15, 0.2) is 0 Å². The van der Waals surface area contributed by atoms with Crippen molar-refractivity contribution in [3.05, 3.63) is 0 Å². The maximum atomic E-state index is 11.8. The Morgan fingerprint density at radius 1 is 1.60 bits per heavy atom. The van der Waals surface area contributed by atoms with E-state index in [0.29, 0.717) is 12.5 Å².